The summed E-state index contributed by atoms with van der Waals surface area (Å²) in [4.78, 5) is 28.9. The Labute approximate surface area is 155 Å². The number of aromatic nitrogens is 4. The molecule has 0 aromatic carbocycles. The Morgan fingerprint density at radius 1 is 0.667 bits per heavy atom. The normalized spacial score (nSPS) is 13.4. The van der Waals surface area contributed by atoms with Gasteiger partial charge in [0.2, 0.25) is 5.12 Å². The molecule has 0 saturated heterocycles. The van der Waals surface area contributed by atoms with Gasteiger partial charge in [0.1, 0.15) is 47.1 Å². The SMILES string of the molecule is N#Cc1nc2c(nc1C#N)-c1nc(C#N)c(C#N)nc1C2=C1C=CC(=O)S1. The highest BCUT2D eigenvalue weighted by Crippen LogP contribution is 2.46. The van der Waals surface area contributed by atoms with Crippen LogP contribution in [0.25, 0.3) is 17.0 Å². The van der Waals surface area contributed by atoms with Crippen LogP contribution in [0, 0.1) is 45.3 Å². The Bertz CT molecular complexity index is 1230. The Hall–Kier alpha value is -4.38. The van der Waals surface area contributed by atoms with Crippen molar-refractivity contribution in [3.05, 3.63) is 51.2 Å². The maximum Gasteiger partial charge on any atom is 0.216 e. The van der Waals surface area contributed by atoms with Crippen LogP contribution in [0.15, 0.2) is 17.1 Å². The summed E-state index contributed by atoms with van der Waals surface area (Å²) in [6, 6.07) is 7.22. The first-order chi connectivity index (χ1) is 13.1. The van der Waals surface area contributed by atoms with Crippen molar-refractivity contribution in [1.29, 1.82) is 21.0 Å². The summed E-state index contributed by atoms with van der Waals surface area (Å²) in [6.07, 6.45) is 2.94. The van der Waals surface area contributed by atoms with E-state index in [0.29, 0.717) is 10.5 Å². The highest BCUT2D eigenvalue weighted by Gasteiger charge is 2.35. The molecule has 1 aliphatic heterocycles. The average molecular weight is 366 g/mol. The molecule has 1 aliphatic carbocycles. The largest absolute Gasteiger partial charge is 0.282 e. The minimum absolute atomic E-state index is 0.171. The summed E-state index contributed by atoms with van der Waals surface area (Å²) in [5, 5.41) is 36.7. The first-order valence-corrected chi connectivity index (χ1v) is 8.02. The molecule has 9 nitrogen and oxygen atoms in total. The van der Waals surface area contributed by atoms with Crippen LogP contribution in [0.3, 0.4) is 0 Å². The van der Waals surface area contributed by atoms with Crippen LogP contribution >= 0.6 is 11.8 Å². The van der Waals surface area contributed by atoms with Gasteiger partial charge in [-0.25, -0.2) is 19.9 Å². The zero-order valence-electron chi connectivity index (χ0n) is 13.0. The zero-order chi connectivity index (χ0) is 19.1. The topological polar surface area (TPSA) is 164 Å². The van der Waals surface area contributed by atoms with E-state index in [2.05, 4.69) is 19.9 Å². The number of nitriles is 4. The van der Waals surface area contributed by atoms with Gasteiger partial charge < -0.3 is 0 Å². The monoisotopic (exact) mass is 366 g/mol. The summed E-state index contributed by atoms with van der Waals surface area (Å²) in [6.45, 7) is 0. The summed E-state index contributed by atoms with van der Waals surface area (Å²) in [5.41, 5.74) is 0.433. The first kappa shape index (κ1) is 16.1. The lowest BCUT2D eigenvalue weighted by molar-refractivity contribution is -0.106. The molecular formula is C17H2N8OS. The van der Waals surface area contributed by atoms with E-state index in [9.17, 15) is 25.8 Å². The quantitative estimate of drug-likeness (QED) is 0.566. The molecule has 0 amide bonds. The predicted octanol–water partition coefficient (Wildman–Crippen LogP) is 1.32. The summed E-state index contributed by atoms with van der Waals surface area (Å²) in [7, 11) is 0. The molecule has 0 fully saturated rings. The fourth-order valence-corrected chi connectivity index (χ4v) is 3.45. The van der Waals surface area contributed by atoms with E-state index < -0.39 is 0 Å². The van der Waals surface area contributed by atoms with Gasteiger partial charge in [0.15, 0.2) is 22.8 Å². The Morgan fingerprint density at radius 2 is 1.07 bits per heavy atom. The summed E-state index contributed by atoms with van der Waals surface area (Å²) >= 11 is 0.935. The number of nitrogens with zero attached hydrogens (tertiary/aromatic N) is 8. The second-order valence-corrected chi connectivity index (χ2v) is 6.22. The van der Waals surface area contributed by atoms with E-state index in [1.807, 2.05) is 12.1 Å². The molecule has 0 atom stereocenters. The van der Waals surface area contributed by atoms with Crippen LogP contribution in [0.5, 0.6) is 0 Å². The Balaban J connectivity index is 2.14. The molecular weight excluding hydrogens is 364 g/mol. The van der Waals surface area contributed by atoms with Gasteiger partial charge in [-0.15, -0.1) is 0 Å². The van der Waals surface area contributed by atoms with Gasteiger partial charge in [-0.3, -0.25) is 4.79 Å². The summed E-state index contributed by atoms with van der Waals surface area (Å²) in [5.74, 6) is 0. The third-order valence-corrected chi connectivity index (χ3v) is 4.64. The third-order valence-electron chi connectivity index (χ3n) is 3.74. The lowest BCUT2D eigenvalue weighted by Gasteiger charge is -2.04. The van der Waals surface area contributed by atoms with E-state index in [-0.39, 0.29) is 50.7 Å². The van der Waals surface area contributed by atoms with Crippen molar-refractivity contribution in [1.82, 2.24) is 19.9 Å². The van der Waals surface area contributed by atoms with Crippen molar-refractivity contribution in [2.75, 3.05) is 0 Å². The lowest BCUT2D eigenvalue weighted by Crippen LogP contribution is -2.00. The van der Waals surface area contributed by atoms with Crippen LogP contribution in [-0.4, -0.2) is 25.1 Å². The number of rotatable bonds is 0. The molecule has 122 valence electrons. The minimum atomic E-state index is -0.197. The smallest absolute Gasteiger partial charge is 0.216 e. The highest BCUT2D eigenvalue weighted by molar-refractivity contribution is 8.18. The van der Waals surface area contributed by atoms with Crippen molar-refractivity contribution in [2.24, 2.45) is 0 Å². The molecule has 2 aliphatic rings. The molecule has 2 aromatic rings. The number of allylic oxidation sites excluding steroid dienone is 1. The fourth-order valence-electron chi connectivity index (χ4n) is 2.66. The van der Waals surface area contributed by atoms with Crippen molar-refractivity contribution in [2.45, 2.75) is 0 Å². The van der Waals surface area contributed by atoms with Crippen molar-refractivity contribution in [3.63, 3.8) is 0 Å². The van der Waals surface area contributed by atoms with Crippen LogP contribution in [0.4, 0.5) is 0 Å². The second kappa shape index (κ2) is 5.86. The zero-order valence-corrected chi connectivity index (χ0v) is 13.9. The van der Waals surface area contributed by atoms with Crippen LogP contribution < -0.4 is 0 Å². The number of fused-ring (bicyclic) bond motifs is 3. The molecule has 27 heavy (non-hydrogen) atoms. The molecule has 0 radical (unpaired) electrons. The van der Waals surface area contributed by atoms with E-state index in [0.717, 1.165) is 11.8 Å². The minimum Gasteiger partial charge on any atom is -0.282 e. The molecule has 4 rings (SSSR count). The van der Waals surface area contributed by atoms with Gasteiger partial charge in [0.25, 0.3) is 0 Å². The van der Waals surface area contributed by atoms with Crippen LogP contribution in [0.2, 0.25) is 0 Å². The van der Waals surface area contributed by atoms with E-state index in [1.54, 1.807) is 18.2 Å². The van der Waals surface area contributed by atoms with Crippen molar-refractivity contribution in [3.8, 4) is 35.7 Å². The number of carbonyl (C=O) groups is 1. The Morgan fingerprint density at radius 3 is 1.41 bits per heavy atom. The lowest BCUT2D eigenvalue weighted by atomic mass is 10.1. The number of thioether (sulfide) groups is 1. The molecule has 0 unspecified atom stereocenters. The van der Waals surface area contributed by atoms with Gasteiger partial charge in [0, 0.05) is 10.5 Å². The highest BCUT2D eigenvalue weighted by atomic mass is 32.2. The molecule has 0 bridgehead atoms. The Kier molecular flexibility index (Phi) is 3.49. The molecule has 10 heteroatoms. The molecule has 0 saturated carbocycles. The average Bonchev–Trinajstić information content (AvgIpc) is 3.25. The van der Waals surface area contributed by atoms with Crippen LogP contribution in [0.1, 0.15) is 34.2 Å². The van der Waals surface area contributed by atoms with Crippen LogP contribution in [-0.2, 0) is 4.79 Å². The third kappa shape index (κ3) is 2.26. The molecule has 2 aromatic heterocycles. The number of carbonyl (C=O) groups excluding carboxylic acids is 1. The second-order valence-electron chi connectivity index (χ2n) is 5.18. The number of hydrogen-bond acceptors (Lipinski definition) is 10. The van der Waals surface area contributed by atoms with Crippen molar-refractivity contribution < 1.29 is 4.79 Å². The van der Waals surface area contributed by atoms with Gasteiger partial charge in [-0.1, -0.05) is 0 Å². The number of hydrogen-bond donors (Lipinski definition) is 0. The fraction of sp³-hybridized carbons (Fsp3) is 0. The molecule has 3 heterocycles. The molecule has 0 N–H and O–H groups in total. The maximum absolute atomic E-state index is 11.7. The van der Waals surface area contributed by atoms with E-state index in [1.165, 1.54) is 6.08 Å². The first-order valence-electron chi connectivity index (χ1n) is 7.21. The summed E-state index contributed by atoms with van der Waals surface area (Å²) < 4.78 is 0. The van der Waals surface area contributed by atoms with Gasteiger partial charge in [-0.2, -0.15) is 21.0 Å². The van der Waals surface area contributed by atoms with E-state index in [4.69, 9.17) is 0 Å². The standard InChI is InChI=1S/C17H2N8OS/c18-3-7-9(5-20)24-16-14(22-7)13(11-1-2-12(26)27-11)15-17(16)25-10(6-21)8(4-19)23-15/h1-2H. The van der Waals surface area contributed by atoms with E-state index >= 15 is 0 Å². The predicted molar refractivity (Wildman–Crippen MR) is 89.7 cm³/mol. The molecule has 0 spiro atoms. The maximum atomic E-state index is 11.7. The van der Waals surface area contributed by atoms with Crippen molar-refractivity contribution >= 4 is 22.5 Å². The van der Waals surface area contributed by atoms with Gasteiger partial charge in [-0.05, 0) is 23.9 Å². The van der Waals surface area contributed by atoms with Gasteiger partial charge in [0.05, 0.1) is 0 Å². The van der Waals surface area contributed by atoms with Gasteiger partial charge >= 0.3 is 0 Å².